The van der Waals surface area contributed by atoms with Crippen LogP contribution in [0.3, 0.4) is 0 Å². The first-order valence-electron chi connectivity index (χ1n) is 25.8. The van der Waals surface area contributed by atoms with Crippen LogP contribution in [0.15, 0.2) is 152 Å². The van der Waals surface area contributed by atoms with Crippen molar-refractivity contribution < 1.29 is 46.1 Å². The van der Waals surface area contributed by atoms with Crippen LogP contribution >= 0.6 is 12.2 Å². The van der Waals surface area contributed by atoms with E-state index < -0.39 is 60.0 Å². The van der Waals surface area contributed by atoms with Gasteiger partial charge in [-0.15, -0.1) is 0 Å². The summed E-state index contributed by atoms with van der Waals surface area (Å²) in [6.07, 6.45) is -0.0938. The van der Waals surface area contributed by atoms with E-state index in [1.54, 1.807) is 23.3 Å². The Morgan fingerprint density at radius 1 is 0.630 bits per heavy atom. The summed E-state index contributed by atoms with van der Waals surface area (Å²) in [6.45, 7) is 19.3. The first-order valence-corrected chi connectivity index (χ1v) is 30.2. The number of nitrogens with zero attached hydrogens (tertiary/aromatic N) is 2. The number of aromatic nitrogens is 2. The van der Waals surface area contributed by atoms with Crippen LogP contribution in [0.25, 0.3) is 10.8 Å². The summed E-state index contributed by atoms with van der Waals surface area (Å²) in [5.74, 6) is 0. The zero-order chi connectivity index (χ0) is 51.4. The van der Waals surface area contributed by atoms with Crippen LogP contribution < -0.4 is 0 Å². The van der Waals surface area contributed by atoms with E-state index in [9.17, 15) is 0 Å². The minimum Gasteiger partial charge on any atom is -0.459 e. The lowest BCUT2D eigenvalue weighted by Crippen LogP contribution is -2.66. The lowest BCUT2D eigenvalue weighted by atomic mass is 10.1. The van der Waals surface area contributed by atoms with Crippen LogP contribution in [0.2, 0.25) is 22.2 Å². The Hall–Kier alpha value is -4.47. The molecule has 0 amide bonds. The van der Waals surface area contributed by atoms with Crippen molar-refractivity contribution in [3.63, 3.8) is 0 Å². The molecular weight excluding hydrogens is 973 g/mol. The fourth-order valence-electron chi connectivity index (χ4n) is 9.97. The van der Waals surface area contributed by atoms with Crippen LogP contribution in [-0.4, -0.2) is 94.6 Å². The molecule has 8 rings (SSSR count). The van der Waals surface area contributed by atoms with Crippen LogP contribution in [0.5, 0.6) is 0 Å². The molecule has 5 aromatic carbocycles. The van der Waals surface area contributed by atoms with Crippen molar-refractivity contribution in [3.05, 3.63) is 174 Å². The summed E-state index contributed by atoms with van der Waals surface area (Å²) >= 11 is 5.95. The van der Waals surface area contributed by atoms with E-state index in [-0.39, 0.29) is 60.4 Å². The standard InChI is InChI=1S/C58H74N2O10SSi2/c1-41(2)72(42(3)4)66-39-53-55(69-73(70-72,43(5)6)44(7)8)56(68-58(71)60-31-30-59-40-60)57(67-53)65-38-52(63-35-46-22-14-10-15-23-46)54(64-36-47-24-16-11-17-25-47)51(62-34-45-20-12-9-13-21-45)37-61-33-48-28-29-49-26-18-19-27-50(49)32-48/h9-32,40-44,51-57H,33-39H2,1-8H3/t51?,52?,53-,54?,55?,56?,57-/m1/s1. The lowest BCUT2D eigenvalue weighted by Gasteiger charge is -2.51. The highest BCUT2D eigenvalue weighted by molar-refractivity contribution is 7.80. The fraction of sp³-hybridized carbons (Fsp3) is 0.448. The molecule has 0 radical (unpaired) electrons. The van der Waals surface area contributed by atoms with Gasteiger partial charge >= 0.3 is 17.1 Å². The number of benzene rings is 5. The molecular formula is C58H74N2O10SSi2. The second-order valence-electron chi connectivity index (χ2n) is 20.4. The molecule has 7 atom stereocenters. The van der Waals surface area contributed by atoms with Crippen LogP contribution in [-0.2, 0) is 72.6 Å². The Labute approximate surface area is 440 Å². The largest absolute Gasteiger partial charge is 0.459 e. The van der Waals surface area contributed by atoms with Crippen molar-refractivity contribution in [1.82, 2.24) is 9.55 Å². The number of fused-ring (bicyclic) bond motifs is 2. The van der Waals surface area contributed by atoms with E-state index in [0.717, 1.165) is 27.6 Å². The number of hydrogen-bond donors (Lipinski definition) is 0. The summed E-state index contributed by atoms with van der Waals surface area (Å²) < 4.78 is 72.5. The quantitative estimate of drug-likeness (QED) is 0.0450. The summed E-state index contributed by atoms with van der Waals surface area (Å²) in [4.78, 5) is 4.25. The van der Waals surface area contributed by atoms with Gasteiger partial charge in [0, 0.05) is 12.4 Å². The summed E-state index contributed by atoms with van der Waals surface area (Å²) in [6, 6.07) is 45.1. The molecule has 3 heterocycles. The molecule has 390 valence electrons. The second kappa shape index (κ2) is 25.9. The number of imidazole rings is 1. The van der Waals surface area contributed by atoms with Gasteiger partial charge in [-0.25, -0.2) is 4.98 Å². The van der Waals surface area contributed by atoms with Crippen molar-refractivity contribution in [1.29, 1.82) is 0 Å². The molecule has 6 aromatic rings. The maximum atomic E-state index is 7.58. The van der Waals surface area contributed by atoms with Gasteiger partial charge in [0.25, 0.3) is 5.17 Å². The Morgan fingerprint density at radius 2 is 1.18 bits per heavy atom. The Morgan fingerprint density at radius 3 is 1.74 bits per heavy atom. The molecule has 2 fully saturated rings. The lowest BCUT2D eigenvalue weighted by molar-refractivity contribution is -0.216. The SMILES string of the molecule is CC(C)[Si]1(C(C)C)OC[C@H]2O[C@@H](OCC(OCc3ccccc3)C(OCc3ccccc3)C(COCc3ccc4ccccc4c3)OCc3ccccc3)C(OC(=S)n3ccnc3)C2O[Si](C(C)C)(C(C)C)O1. The Bertz CT molecular complexity index is 2580. The van der Waals surface area contributed by atoms with E-state index in [1.807, 2.05) is 78.9 Å². The molecule has 0 N–H and O–H groups in total. The van der Waals surface area contributed by atoms with Crippen molar-refractivity contribution >= 4 is 45.3 Å². The molecule has 2 aliphatic rings. The predicted molar refractivity (Wildman–Crippen MR) is 292 cm³/mol. The molecule has 73 heavy (non-hydrogen) atoms. The smallest absolute Gasteiger partial charge is 0.335 e. The van der Waals surface area contributed by atoms with Gasteiger partial charge in [0.05, 0.1) is 46.2 Å². The second-order valence-corrected chi connectivity index (χ2v) is 29.6. The van der Waals surface area contributed by atoms with Gasteiger partial charge < -0.3 is 46.1 Å². The summed E-state index contributed by atoms with van der Waals surface area (Å²) in [5, 5.41) is 2.50. The van der Waals surface area contributed by atoms with Crippen molar-refractivity contribution in [2.24, 2.45) is 0 Å². The molecule has 0 aliphatic carbocycles. The van der Waals surface area contributed by atoms with E-state index in [0.29, 0.717) is 13.2 Å². The molecule has 0 bridgehead atoms. The average Bonchev–Trinajstić information content (AvgIpc) is 4.05. The van der Waals surface area contributed by atoms with Gasteiger partial charge in [-0.3, -0.25) is 4.57 Å². The van der Waals surface area contributed by atoms with Crippen LogP contribution in [0.4, 0.5) is 0 Å². The van der Waals surface area contributed by atoms with Crippen molar-refractivity contribution in [3.8, 4) is 0 Å². The van der Waals surface area contributed by atoms with Gasteiger partial charge in [0.2, 0.25) is 0 Å². The fourth-order valence-corrected chi connectivity index (χ4v) is 21.4. The first kappa shape index (κ1) is 54.8. The zero-order valence-corrected chi connectivity index (χ0v) is 46.4. The van der Waals surface area contributed by atoms with Crippen LogP contribution in [0.1, 0.15) is 77.6 Å². The molecule has 0 spiro atoms. The Kier molecular flexibility index (Phi) is 19.4. The maximum Gasteiger partial charge on any atom is 0.335 e. The molecule has 2 saturated heterocycles. The van der Waals surface area contributed by atoms with E-state index in [4.69, 9.17) is 58.3 Å². The third-order valence-corrected chi connectivity index (χ3v) is 24.5. The minimum absolute atomic E-state index is 0.00886. The van der Waals surface area contributed by atoms with Gasteiger partial charge in [-0.2, -0.15) is 0 Å². The van der Waals surface area contributed by atoms with E-state index >= 15 is 0 Å². The number of ether oxygens (including phenoxy) is 7. The summed E-state index contributed by atoms with van der Waals surface area (Å²) in [5.41, 5.74) is 4.48. The minimum atomic E-state index is -3.13. The zero-order valence-electron chi connectivity index (χ0n) is 43.6. The number of rotatable bonds is 23. The highest BCUT2D eigenvalue weighted by atomic mass is 32.1. The maximum absolute atomic E-state index is 7.58. The molecule has 12 nitrogen and oxygen atoms in total. The molecule has 5 unspecified atom stereocenters. The van der Waals surface area contributed by atoms with Crippen LogP contribution in [0, 0.1) is 0 Å². The third kappa shape index (κ3) is 13.7. The monoisotopic (exact) mass is 1050 g/mol. The van der Waals surface area contributed by atoms with Gasteiger partial charge in [-0.1, -0.05) is 183 Å². The van der Waals surface area contributed by atoms with E-state index in [1.165, 1.54) is 5.39 Å². The normalized spacial score (nSPS) is 21.0. The van der Waals surface area contributed by atoms with E-state index in [2.05, 4.69) is 115 Å². The Balaban J connectivity index is 1.15. The predicted octanol–water partition coefficient (Wildman–Crippen LogP) is 12.2. The van der Waals surface area contributed by atoms with Gasteiger partial charge in [-0.05, 0) is 73.5 Å². The highest BCUT2D eigenvalue weighted by Gasteiger charge is 2.62. The highest BCUT2D eigenvalue weighted by Crippen LogP contribution is 2.48. The first-order chi connectivity index (χ1) is 35.3. The topological polar surface area (TPSA) is 110 Å². The molecule has 15 heteroatoms. The average molecular weight is 1050 g/mol. The molecule has 1 aromatic heterocycles. The van der Waals surface area contributed by atoms with Gasteiger partial charge in [0.1, 0.15) is 36.8 Å². The summed E-state index contributed by atoms with van der Waals surface area (Å²) in [7, 11) is -6.04. The molecule has 0 saturated carbocycles. The molecule has 2 aliphatic heterocycles. The number of hydrogen-bond acceptors (Lipinski definition) is 12. The van der Waals surface area contributed by atoms with Gasteiger partial charge in [0.15, 0.2) is 12.4 Å². The van der Waals surface area contributed by atoms with Crippen molar-refractivity contribution in [2.45, 2.75) is 147 Å². The third-order valence-electron chi connectivity index (χ3n) is 14.0. The number of thiocarbonyl (C=S) groups is 1. The van der Waals surface area contributed by atoms with Crippen molar-refractivity contribution in [2.75, 3.05) is 19.8 Å².